The van der Waals surface area contributed by atoms with Crippen molar-refractivity contribution in [2.24, 2.45) is 0 Å². The summed E-state index contributed by atoms with van der Waals surface area (Å²) in [6, 6.07) is 5.39. The van der Waals surface area contributed by atoms with Gasteiger partial charge in [-0.1, -0.05) is 12.1 Å². The number of allylic oxidation sites excluding steroid dienone is 2. The molecule has 0 atom stereocenters. The van der Waals surface area contributed by atoms with Crippen molar-refractivity contribution >= 4 is 34.5 Å². The number of Topliss-reactive ketones (excluding diaryl/α,β-unsaturated/α-hetero) is 1. The Labute approximate surface area is 189 Å². The van der Waals surface area contributed by atoms with Gasteiger partial charge in [0.15, 0.2) is 17.4 Å². The lowest BCUT2D eigenvalue weighted by Gasteiger charge is -2.14. The van der Waals surface area contributed by atoms with Crippen molar-refractivity contribution in [1.29, 1.82) is 0 Å². The van der Waals surface area contributed by atoms with Crippen LogP contribution in [0.4, 0.5) is 11.5 Å². The van der Waals surface area contributed by atoms with E-state index in [1.807, 2.05) is 26.0 Å². The summed E-state index contributed by atoms with van der Waals surface area (Å²) < 4.78 is 10.7. The van der Waals surface area contributed by atoms with E-state index < -0.39 is 5.91 Å². The topological polar surface area (TPSA) is 121 Å². The number of furan rings is 1. The second-order valence-electron chi connectivity index (χ2n) is 7.24. The van der Waals surface area contributed by atoms with Gasteiger partial charge in [0.2, 0.25) is 0 Å². The van der Waals surface area contributed by atoms with Crippen LogP contribution in [0, 0.1) is 6.92 Å². The molecule has 10 heteroatoms. The van der Waals surface area contributed by atoms with Crippen LogP contribution in [0.3, 0.4) is 0 Å². The van der Waals surface area contributed by atoms with Crippen LogP contribution in [0.15, 0.2) is 43.9 Å². The number of hydrogen-bond acceptors (Lipinski definition) is 9. The molecule has 0 aliphatic rings. The minimum atomic E-state index is -0.437. The van der Waals surface area contributed by atoms with E-state index in [0.717, 1.165) is 22.9 Å². The van der Waals surface area contributed by atoms with E-state index >= 15 is 0 Å². The minimum absolute atomic E-state index is 0.121. The van der Waals surface area contributed by atoms with Crippen LogP contribution < -0.4 is 15.5 Å². The summed E-state index contributed by atoms with van der Waals surface area (Å²) in [4.78, 5) is 26.5. The molecule has 0 radical (unpaired) electrons. The zero-order valence-electron chi connectivity index (χ0n) is 18.6. The number of nitrogens with zero attached hydrogens (tertiary/aromatic N) is 2. The van der Waals surface area contributed by atoms with Crippen molar-refractivity contribution in [2.45, 2.75) is 40.7 Å². The van der Waals surface area contributed by atoms with Gasteiger partial charge in [-0.25, -0.2) is 0 Å². The first-order chi connectivity index (χ1) is 15.2. The second-order valence-corrected chi connectivity index (χ2v) is 8.12. The minimum Gasteiger partial charge on any atom is -0.504 e. The molecule has 32 heavy (non-hydrogen) atoms. The zero-order chi connectivity index (χ0) is 23.4. The molecule has 0 saturated carbocycles. The number of aromatic hydroxyl groups is 1. The van der Waals surface area contributed by atoms with Gasteiger partial charge in [-0.3, -0.25) is 14.5 Å². The molecular formula is C22H26N4O5S. The van der Waals surface area contributed by atoms with Crippen LogP contribution in [-0.2, 0) is 17.8 Å². The summed E-state index contributed by atoms with van der Waals surface area (Å²) in [6.07, 6.45) is 0.653. The average molecular weight is 459 g/mol. The standard InChI is InChI=1S/C22H26N4O5S/c1-6-15-9-18(25-31-15)26(5)22(29)21-20(28)17(11-32-21)24-19(14(4)27)13(3)23-10-16-8-7-12(2)30-16/h7-9,11,23-24,28H,6,10H2,1-5H3/b19-13-. The molecule has 0 spiro atoms. The summed E-state index contributed by atoms with van der Waals surface area (Å²) in [5.74, 6) is 1.64. The van der Waals surface area contributed by atoms with Gasteiger partial charge in [0.05, 0.1) is 12.2 Å². The number of aromatic nitrogens is 1. The number of carbonyl (C=O) groups excluding carboxylic acids is 2. The Morgan fingerprint density at radius 3 is 2.59 bits per heavy atom. The molecule has 170 valence electrons. The summed E-state index contributed by atoms with van der Waals surface area (Å²) in [5.41, 5.74) is 1.12. The van der Waals surface area contributed by atoms with Crippen molar-refractivity contribution in [3.63, 3.8) is 0 Å². The molecule has 0 aromatic carbocycles. The molecule has 3 rings (SSSR count). The fourth-order valence-electron chi connectivity index (χ4n) is 2.94. The lowest BCUT2D eigenvalue weighted by atomic mass is 10.2. The number of nitrogens with one attached hydrogen (secondary N) is 2. The Hall–Kier alpha value is -3.53. The number of aryl methyl sites for hydroxylation is 2. The van der Waals surface area contributed by atoms with Gasteiger partial charge in [0.25, 0.3) is 5.91 Å². The lowest BCUT2D eigenvalue weighted by molar-refractivity contribution is -0.113. The van der Waals surface area contributed by atoms with Crippen LogP contribution in [-0.4, -0.2) is 29.0 Å². The molecule has 3 aromatic heterocycles. The van der Waals surface area contributed by atoms with Crippen LogP contribution >= 0.6 is 11.3 Å². The largest absolute Gasteiger partial charge is 0.504 e. The van der Waals surface area contributed by atoms with Gasteiger partial charge in [0.1, 0.15) is 27.9 Å². The number of amides is 1. The third-order valence-electron chi connectivity index (χ3n) is 4.81. The summed E-state index contributed by atoms with van der Waals surface area (Å²) in [5, 5.41) is 22.2. The Kier molecular flexibility index (Phi) is 7.04. The van der Waals surface area contributed by atoms with E-state index in [0.29, 0.717) is 30.2 Å². The zero-order valence-corrected chi connectivity index (χ0v) is 19.4. The van der Waals surface area contributed by atoms with Crippen molar-refractivity contribution < 1.29 is 23.6 Å². The average Bonchev–Trinajstić information content (AvgIpc) is 3.49. The fraction of sp³-hybridized carbons (Fsp3) is 0.318. The molecule has 0 unspecified atom stereocenters. The number of hydrogen-bond donors (Lipinski definition) is 3. The number of thiophene rings is 1. The molecule has 3 aromatic rings. The predicted octanol–water partition coefficient (Wildman–Crippen LogP) is 4.20. The number of carbonyl (C=O) groups is 2. The second kappa shape index (κ2) is 9.73. The maximum atomic E-state index is 12.9. The van der Waals surface area contributed by atoms with E-state index in [1.165, 1.54) is 11.8 Å². The first-order valence-electron chi connectivity index (χ1n) is 10.0. The van der Waals surface area contributed by atoms with Crippen molar-refractivity contribution in [3.05, 3.63) is 57.1 Å². The van der Waals surface area contributed by atoms with E-state index in [9.17, 15) is 14.7 Å². The molecule has 3 heterocycles. The van der Waals surface area contributed by atoms with Crippen molar-refractivity contribution in [3.8, 4) is 5.75 Å². The van der Waals surface area contributed by atoms with E-state index in [-0.39, 0.29) is 27.8 Å². The molecule has 0 saturated heterocycles. The first kappa shape index (κ1) is 23.1. The highest BCUT2D eigenvalue weighted by molar-refractivity contribution is 7.13. The molecule has 9 nitrogen and oxygen atoms in total. The predicted molar refractivity (Wildman–Crippen MR) is 122 cm³/mol. The third kappa shape index (κ3) is 5.02. The first-order valence-corrected chi connectivity index (χ1v) is 10.9. The molecule has 0 aliphatic carbocycles. The molecule has 3 N–H and O–H groups in total. The Morgan fingerprint density at radius 2 is 2.00 bits per heavy atom. The number of rotatable bonds is 9. The molecule has 1 amide bonds. The monoisotopic (exact) mass is 458 g/mol. The van der Waals surface area contributed by atoms with Gasteiger partial charge in [-0.05, 0) is 26.0 Å². The highest BCUT2D eigenvalue weighted by Gasteiger charge is 2.24. The quantitative estimate of drug-likeness (QED) is 0.408. The molecule has 0 fully saturated rings. The highest BCUT2D eigenvalue weighted by atomic mass is 32.1. The van der Waals surface area contributed by atoms with Crippen LogP contribution in [0.1, 0.15) is 47.7 Å². The van der Waals surface area contributed by atoms with E-state index in [4.69, 9.17) is 8.94 Å². The van der Waals surface area contributed by atoms with Gasteiger partial charge in [-0.15, -0.1) is 11.3 Å². The third-order valence-corrected chi connectivity index (χ3v) is 5.77. The maximum Gasteiger partial charge on any atom is 0.273 e. The Morgan fingerprint density at radius 1 is 1.25 bits per heavy atom. The van der Waals surface area contributed by atoms with Gasteiger partial charge >= 0.3 is 0 Å². The van der Waals surface area contributed by atoms with Crippen LogP contribution in [0.5, 0.6) is 5.75 Å². The SMILES string of the molecule is CCc1cc(N(C)C(=O)c2scc(N/C(C(C)=O)=C(/C)NCc3ccc(C)o3)c2O)no1. The smallest absolute Gasteiger partial charge is 0.273 e. The summed E-state index contributed by atoms with van der Waals surface area (Å²) >= 11 is 1.07. The van der Waals surface area contributed by atoms with Crippen LogP contribution in [0.25, 0.3) is 0 Å². The summed E-state index contributed by atoms with van der Waals surface area (Å²) in [7, 11) is 1.55. The van der Waals surface area contributed by atoms with Crippen molar-refractivity contribution in [1.82, 2.24) is 10.5 Å². The van der Waals surface area contributed by atoms with E-state index in [2.05, 4.69) is 15.8 Å². The fourth-order valence-corrected chi connectivity index (χ4v) is 3.81. The maximum absolute atomic E-state index is 12.9. The highest BCUT2D eigenvalue weighted by Crippen LogP contribution is 2.36. The summed E-state index contributed by atoms with van der Waals surface area (Å²) in [6.45, 7) is 7.35. The Bertz CT molecular complexity index is 1160. The molecule has 0 bridgehead atoms. The Balaban J connectivity index is 1.77. The number of anilines is 2. The van der Waals surface area contributed by atoms with Gasteiger partial charge in [0, 0.05) is 37.5 Å². The van der Waals surface area contributed by atoms with Crippen LogP contribution in [0.2, 0.25) is 0 Å². The molecular weight excluding hydrogens is 432 g/mol. The van der Waals surface area contributed by atoms with Gasteiger partial charge in [-0.2, -0.15) is 0 Å². The van der Waals surface area contributed by atoms with Gasteiger partial charge < -0.3 is 24.7 Å². The van der Waals surface area contributed by atoms with Crippen molar-refractivity contribution in [2.75, 3.05) is 17.3 Å². The molecule has 0 aliphatic heterocycles. The normalized spacial score (nSPS) is 11.8. The number of ketones is 1. The lowest BCUT2D eigenvalue weighted by Crippen LogP contribution is -2.25. The van der Waals surface area contributed by atoms with E-state index in [1.54, 1.807) is 25.4 Å².